The lowest BCUT2D eigenvalue weighted by Gasteiger charge is -2.20. The number of benzene rings is 1. The average molecular weight is 317 g/mol. The van der Waals surface area contributed by atoms with E-state index in [4.69, 9.17) is 4.74 Å². The predicted octanol–water partition coefficient (Wildman–Crippen LogP) is 2.16. The predicted molar refractivity (Wildman–Crippen MR) is 83.7 cm³/mol. The van der Waals surface area contributed by atoms with E-state index in [-0.39, 0.29) is 17.6 Å². The molecule has 1 atom stereocenters. The number of hydrogen-bond donors (Lipinski definition) is 2. The Balaban J connectivity index is 1.42. The zero-order valence-corrected chi connectivity index (χ0v) is 13.1. The van der Waals surface area contributed by atoms with Gasteiger partial charge in [0.05, 0.1) is 12.2 Å². The monoisotopic (exact) mass is 317 g/mol. The first-order valence-corrected chi connectivity index (χ1v) is 7.82. The van der Waals surface area contributed by atoms with Crippen molar-refractivity contribution in [3.8, 4) is 5.75 Å². The maximum absolute atomic E-state index is 12.8. The topological polar surface area (TPSA) is 67.0 Å². The number of halogens is 1. The molecule has 1 aliphatic carbocycles. The van der Waals surface area contributed by atoms with E-state index in [0.29, 0.717) is 25.3 Å². The number of H-pyrrole nitrogens is 1. The van der Waals surface area contributed by atoms with Crippen LogP contribution in [0.5, 0.6) is 5.75 Å². The van der Waals surface area contributed by atoms with Gasteiger partial charge in [-0.3, -0.25) is 4.79 Å². The Hall–Kier alpha value is -2.37. The zero-order valence-electron chi connectivity index (χ0n) is 13.1. The number of aryl methyl sites for hydroxylation is 2. The fourth-order valence-electron chi connectivity index (χ4n) is 2.87. The van der Waals surface area contributed by atoms with Crippen LogP contribution in [0.2, 0.25) is 0 Å². The van der Waals surface area contributed by atoms with Crippen LogP contribution in [-0.2, 0) is 17.6 Å². The first-order valence-electron chi connectivity index (χ1n) is 7.82. The van der Waals surface area contributed by atoms with Gasteiger partial charge in [-0.1, -0.05) is 0 Å². The molecule has 0 aliphatic heterocycles. The third-order valence-electron chi connectivity index (χ3n) is 4.02. The fourth-order valence-corrected chi connectivity index (χ4v) is 2.87. The quantitative estimate of drug-likeness (QED) is 0.831. The van der Waals surface area contributed by atoms with Crippen molar-refractivity contribution < 1.29 is 13.9 Å². The van der Waals surface area contributed by atoms with Gasteiger partial charge in [0.15, 0.2) is 0 Å². The van der Waals surface area contributed by atoms with Crippen LogP contribution in [0.15, 0.2) is 24.3 Å². The second-order valence-electron chi connectivity index (χ2n) is 5.78. The molecule has 2 aromatic rings. The van der Waals surface area contributed by atoms with Crippen molar-refractivity contribution in [1.29, 1.82) is 0 Å². The third-order valence-corrected chi connectivity index (χ3v) is 4.02. The van der Waals surface area contributed by atoms with E-state index in [2.05, 4.69) is 15.3 Å². The van der Waals surface area contributed by atoms with Crippen molar-refractivity contribution >= 4 is 5.91 Å². The van der Waals surface area contributed by atoms with Gasteiger partial charge in [0.1, 0.15) is 24.0 Å². The molecule has 1 amide bonds. The van der Waals surface area contributed by atoms with E-state index in [9.17, 15) is 9.18 Å². The molecule has 1 aromatic carbocycles. The van der Waals surface area contributed by atoms with Crippen molar-refractivity contribution in [3.05, 3.63) is 47.3 Å². The maximum atomic E-state index is 12.8. The summed E-state index contributed by atoms with van der Waals surface area (Å²) in [5.74, 6) is 1.23. The van der Waals surface area contributed by atoms with Crippen molar-refractivity contribution in [1.82, 2.24) is 15.3 Å². The van der Waals surface area contributed by atoms with E-state index in [1.165, 1.54) is 12.1 Å². The molecule has 1 heterocycles. The lowest BCUT2D eigenvalue weighted by atomic mass is 9.89. The molecule has 0 fully saturated rings. The van der Waals surface area contributed by atoms with Crippen LogP contribution in [0.1, 0.15) is 23.6 Å². The van der Waals surface area contributed by atoms with Gasteiger partial charge in [-0.15, -0.1) is 0 Å². The lowest BCUT2D eigenvalue weighted by Crippen LogP contribution is -2.36. The van der Waals surface area contributed by atoms with Gasteiger partial charge in [0, 0.05) is 18.0 Å². The zero-order chi connectivity index (χ0) is 16.2. The van der Waals surface area contributed by atoms with Gasteiger partial charge >= 0.3 is 0 Å². The second kappa shape index (κ2) is 6.81. The molecule has 122 valence electrons. The number of imidazole rings is 1. The Morgan fingerprint density at radius 1 is 1.43 bits per heavy atom. The van der Waals surface area contributed by atoms with Gasteiger partial charge in [-0.2, -0.15) is 0 Å². The largest absolute Gasteiger partial charge is 0.492 e. The van der Waals surface area contributed by atoms with Gasteiger partial charge in [-0.25, -0.2) is 9.37 Å². The summed E-state index contributed by atoms with van der Waals surface area (Å²) >= 11 is 0. The molecule has 1 aromatic heterocycles. The minimum Gasteiger partial charge on any atom is -0.492 e. The summed E-state index contributed by atoms with van der Waals surface area (Å²) < 4.78 is 18.2. The summed E-state index contributed by atoms with van der Waals surface area (Å²) in [4.78, 5) is 19.9. The van der Waals surface area contributed by atoms with E-state index >= 15 is 0 Å². The SMILES string of the molecule is Cc1nc2c([nH]1)C[C@H](C(=O)NCCOc1ccc(F)cc1)CC2. The normalized spacial score (nSPS) is 16.7. The minimum atomic E-state index is -0.295. The molecule has 2 N–H and O–H groups in total. The molecular formula is C17H20FN3O2. The first-order chi connectivity index (χ1) is 11.1. The smallest absolute Gasteiger partial charge is 0.223 e. The number of aromatic nitrogens is 2. The Bertz CT molecular complexity index is 682. The number of hydrogen-bond acceptors (Lipinski definition) is 3. The van der Waals surface area contributed by atoms with Crippen molar-refractivity contribution in [2.45, 2.75) is 26.2 Å². The Kier molecular flexibility index (Phi) is 4.60. The summed E-state index contributed by atoms with van der Waals surface area (Å²) in [6.07, 6.45) is 2.37. The Morgan fingerprint density at radius 3 is 3.00 bits per heavy atom. The highest BCUT2D eigenvalue weighted by Crippen LogP contribution is 2.23. The molecule has 3 rings (SSSR count). The van der Waals surface area contributed by atoms with Crippen LogP contribution in [0.4, 0.5) is 4.39 Å². The molecule has 0 saturated heterocycles. The summed E-state index contributed by atoms with van der Waals surface area (Å²) in [6.45, 7) is 2.72. The number of nitrogens with zero attached hydrogens (tertiary/aromatic N) is 1. The number of aromatic amines is 1. The molecule has 0 unspecified atom stereocenters. The first kappa shape index (κ1) is 15.5. The molecule has 0 radical (unpaired) electrons. The molecule has 0 saturated carbocycles. The van der Waals surface area contributed by atoms with Crippen molar-refractivity contribution in [2.24, 2.45) is 5.92 Å². The van der Waals surface area contributed by atoms with Crippen LogP contribution >= 0.6 is 0 Å². The standard InChI is InChI=1S/C17H20FN3O2/c1-11-20-15-7-2-12(10-16(15)21-11)17(22)19-8-9-23-14-5-3-13(18)4-6-14/h3-6,12H,2,7-10H2,1H3,(H,19,22)(H,20,21)/t12-/m1/s1. The summed E-state index contributed by atoms with van der Waals surface area (Å²) in [5, 5.41) is 2.90. The molecule has 0 bridgehead atoms. The maximum Gasteiger partial charge on any atom is 0.223 e. The van der Waals surface area contributed by atoms with Crippen LogP contribution in [0, 0.1) is 18.7 Å². The molecule has 6 heteroatoms. The molecule has 5 nitrogen and oxygen atoms in total. The number of fused-ring (bicyclic) bond motifs is 1. The molecule has 23 heavy (non-hydrogen) atoms. The van der Waals surface area contributed by atoms with Crippen LogP contribution in [0.3, 0.4) is 0 Å². The van der Waals surface area contributed by atoms with Crippen molar-refractivity contribution in [2.75, 3.05) is 13.2 Å². The van der Waals surface area contributed by atoms with Crippen LogP contribution < -0.4 is 10.1 Å². The van der Waals surface area contributed by atoms with E-state index in [0.717, 1.165) is 30.1 Å². The van der Waals surface area contributed by atoms with E-state index < -0.39 is 0 Å². The highest BCUT2D eigenvalue weighted by atomic mass is 19.1. The van der Waals surface area contributed by atoms with Crippen LogP contribution in [0.25, 0.3) is 0 Å². The van der Waals surface area contributed by atoms with E-state index in [1.54, 1.807) is 12.1 Å². The van der Waals surface area contributed by atoms with Gasteiger partial charge in [-0.05, 0) is 44.0 Å². The third kappa shape index (κ3) is 3.88. The molecule has 1 aliphatic rings. The second-order valence-corrected chi connectivity index (χ2v) is 5.78. The summed E-state index contributed by atoms with van der Waals surface area (Å²) in [7, 11) is 0. The number of rotatable bonds is 5. The number of nitrogens with one attached hydrogen (secondary N) is 2. The highest BCUT2D eigenvalue weighted by molar-refractivity contribution is 5.79. The minimum absolute atomic E-state index is 0.0202. The number of carbonyl (C=O) groups excluding carboxylic acids is 1. The Morgan fingerprint density at radius 2 is 2.22 bits per heavy atom. The summed E-state index contributed by atoms with van der Waals surface area (Å²) in [6, 6.07) is 5.83. The average Bonchev–Trinajstić information content (AvgIpc) is 2.92. The fraction of sp³-hybridized carbons (Fsp3) is 0.412. The van der Waals surface area contributed by atoms with Crippen molar-refractivity contribution in [3.63, 3.8) is 0 Å². The lowest BCUT2D eigenvalue weighted by molar-refractivity contribution is -0.125. The van der Waals surface area contributed by atoms with Gasteiger partial charge in [0.25, 0.3) is 0 Å². The molecular weight excluding hydrogens is 297 g/mol. The summed E-state index contributed by atoms with van der Waals surface area (Å²) in [5.41, 5.74) is 2.17. The molecule has 0 spiro atoms. The van der Waals surface area contributed by atoms with Gasteiger partial charge in [0.2, 0.25) is 5.91 Å². The Labute approximate surface area is 134 Å². The van der Waals surface area contributed by atoms with Gasteiger partial charge < -0.3 is 15.0 Å². The number of ether oxygens (including phenoxy) is 1. The van der Waals surface area contributed by atoms with Crippen LogP contribution in [-0.4, -0.2) is 29.0 Å². The number of amides is 1. The highest BCUT2D eigenvalue weighted by Gasteiger charge is 2.26. The number of carbonyl (C=O) groups is 1. The van der Waals surface area contributed by atoms with E-state index in [1.807, 2.05) is 6.92 Å².